The Morgan fingerprint density at radius 1 is 1.56 bits per heavy atom. The first-order valence-corrected chi connectivity index (χ1v) is 6.65. The van der Waals surface area contributed by atoms with E-state index in [2.05, 4.69) is 6.92 Å². The van der Waals surface area contributed by atoms with Gasteiger partial charge in [-0.3, -0.25) is 4.79 Å². The Morgan fingerprint density at radius 2 is 2.31 bits per heavy atom. The fourth-order valence-electron chi connectivity index (χ4n) is 2.60. The van der Waals surface area contributed by atoms with Crippen LogP contribution in [0.4, 0.5) is 5.00 Å². The third-order valence-corrected chi connectivity index (χ3v) is 4.42. The van der Waals surface area contributed by atoms with E-state index in [1.807, 2.05) is 0 Å². The van der Waals surface area contributed by atoms with Gasteiger partial charge in [0, 0.05) is 4.88 Å². The van der Waals surface area contributed by atoms with Crippen LogP contribution in [0.15, 0.2) is 0 Å². The average molecular weight is 238 g/mol. The lowest BCUT2D eigenvalue weighted by Crippen LogP contribution is -2.18. The normalized spacial score (nSPS) is 19.4. The highest BCUT2D eigenvalue weighted by atomic mass is 32.1. The van der Waals surface area contributed by atoms with Gasteiger partial charge in [0.15, 0.2) is 0 Å². The third-order valence-electron chi connectivity index (χ3n) is 3.34. The molecule has 1 aliphatic rings. The number of hydrogen-bond donors (Lipinski definition) is 2. The van der Waals surface area contributed by atoms with Crippen molar-refractivity contribution < 1.29 is 4.79 Å². The number of fused-ring (bicyclic) bond motifs is 1. The number of anilines is 1. The minimum absolute atomic E-state index is 0.371. The van der Waals surface area contributed by atoms with Gasteiger partial charge < -0.3 is 11.5 Å². The fraction of sp³-hybridized carbons (Fsp3) is 0.583. The van der Waals surface area contributed by atoms with Crippen LogP contribution in [0.1, 0.15) is 47.0 Å². The van der Waals surface area contributed by atoms with Crippen molar-refractivity contribution in [2.45, 2.75) is 39.0 Å². The van der Waals surface area contributed by atoms with Crippen molar-refractivity contribution >= 4 is 22.2 Å². The van der Waals surface area contributed by atoms with E-state index in [4.69, 9.17) is 11.5 Å². The number of nitrogen functional groups attached to an aromatic ring is 1. The van der Waals surface area contributed by atoms with Crippen LogP contribution in [0, 0.1) is 5.92 Å². The lowest BCUT2D eigenvalue weighted by Gasteiger charge is -2.21. The minimum Gasteiger partial charge on any atom is -0.390 e. The summed E-state index contributed by atoms with van der Waals surface area (Å²) >= 11 is 1.55. The molecule has 0 unspecified atom stereocenters. The van der Waals surface area contributed by atoms with Crippen LogP contribution in [0.2, 0.25) is 0 Å². The maximum Gasteiger partial charge on any atom is 0.251 e. The smallest absolute Gasteiger partial charge is 0.251 e. The maximum absolute atomic E-state index is 11.3. The number of thiophene rings is 1. The zero-order valence-electron chi connectivity index (χ0n) is 9.58. The summed E-state index contributed by atoms with van der Waals surface area (Å²) in [5.74, 6) is 0.389. The highest BCUT2D eigenvalue weighted by molar-refractivity contribution is 7.16. The molecule has 0 bridgehead atoms. The molecular weight excluding hydrogens is 220 g/mol. The molecule has 1 aromatic heterocycles. The standard InChI is InChI=1S/C12H18N2OS/c1-2-3-7-4-5-8-9(6-7)16-12(14)10(8)11(13)15/h7H,2-6,14H2,1H3,(H2,13,15)/t7-/m0/s1. The van der Waals surface area contributed by atoms with Crippen molar-refractivity contribution in [2.75, 3.05) is 5.73 Å². The lowest BCUT2D eigenvalue weighted by molar-refractivity contribution is 0.100. The molecule has 88 valence electrons. The Labute approximate surface area is 99.8 Å². The highest BCUT2D eigenvalue weighted by Gasteiger charge is 2.26. The van der Waals surface area contributed by atoms with E-state index in [1.165, 1.54) is 17.7 Å². The molecule has 0 aromatic carbocycles. The van der Waals surface area contributed by atoms with Crippen molar-refractivity contribution in [3.05, 3.63) is 16.0 Å². The van der Waals surface area contributed by atoms with Crippen LogP contribution in [0.3, 0.4) is 0 Å². The molecule has 4 N–H and O–H groups in total. The number of carbonyl (C=O) groups excluding carboxylic acids is 1. The van der Waals surface area contributed by atoms with Crippen LogP contribution in [0.25, 0.3) is 0 Å². The van der Waals surface area contributed by atoms with Crippen LogP contribution in [0.5, 0.6) is 0 Å². The van der Waals surface area contributed by atoms with Crippen LogP contribution in [-0.4, -0.2) is 5.91 Å². The van der Waals surface area contributed by atoms with Gasteiger partial charge in [-0.05, 0) is 30.7 Å². The number of amides is 1. The molecule has 0 fully saturated rings. The second-order valence-corrected chi connectivity index (χ2v) is 5.64. The predicted octanol–water partition coefficient (Wildman–Crippen LogP) is 2.33. The summed E-state index contributed by atoms with van der Waals surface area (Å²) < 4.78 is 0. The first-order valence-electron chi connectivity index (χ1n) is 5.83. The van der Waals surface area contributed by atoms with Gasteiger partial charge in [-0.2, -0.15) is 0 Å². The van der Waals surface area contributed by atoms with Crippen LogP contribution < -0.4 is 11.5 Å². The van der Waals surface area contributed by atoms with Gasteiger partial charge in [0.25, 0.3) is 5.91 Å². The molecule has 2 rings (SSSR count). The van der Waals surface area contributed by atoms with E-state index in [1.54, 1.807) is 11.3 Å². The molecule has 0 saturated heterocycles. The van der Waals surface area contributed by atoms with E-state index < -0.39 is 0 Å². The van der Waals surface area contributed by atoms with Gasteiger partial charge in [-0.25, -0.2) is 0 Å². The number of rotatable bonds is 3. The van der Waals surface area contributed by atoms with Gasteiger partial charge >= 0.3 is 0 Å². The average Bonchev–Trinajstić information content (AvgIpc) is 2.53. The monoisotopic (exact) mass is 238 g/mol. The van der Waals surface area contributed by atoms with Crippen molar-refractivity contribution in [1.82, 2.24) is 0 Å². The second-order valence-electron chi connectivity index (χ2n) is 4.50. The molecule has 0 spiro atoms. The van der Waals surface area contributed by atoms with E-state index in [0.717, 1.165) is 30.7 Å². The predicted molar refractivity (Wildman–Crippen MR) is 67.7 cm³/mol. The Kier molecular flexibility index (Phi) is 3.19. The summed E-state index contributed by atoms with van der Waals surface area (Å²) in [4.78, 5) is 12.6. The van der Waals surface area contributed by atoms with Gasteiger partial charge in [0.1, 0.15) is 0 Å². The SMILES string of the molecule is CCC[C@H]1CCc2c(sc(N)c2C(N)=O)C1. The molecule has 1 aromatic rings. The number of nitrogens with two attached hydrogens (primary N) is 2. The quantitative estimate of drug-likeness (QED) is 0.848. The van der Waals surface area contributed by atoms with E-state index in [0.29, 0.717) is 10.6 Å². The molecule has 16 heavy (non-hydrogen) atoms. The third kappa shape index (κ3) is 1.94. The van der Waals surface area contributed by atoms with Crippen LogP contribution >= 0.6 is 11.3 Å². The summed E-state index contributed by atoms with van der Waals surface area (Å²) in [6.07, 6.45) is 5.70. The first-order chi connectivity index (χ1) is 7.63. The largest absolute Gasteiger partial charge is 0.390 e. The molecular formula is C12H18N2OS. The molecule has 1 aliphatic carbocycles. The molecule has 1 heterocycles. The maximum atomic E-state index is 11.3. The molecule has 4 heteroatoms. The molecule has 0 saturated carbocycles. The Bertz CT molecular complexity index is 411. The number of hydrogen-bond acceptors (Lipinski definition) is 3. The molecule has 1 amide bonds. The van der Waals surface area contributed by atoms with Gasteiger partial charge in [-0.1, -0.05) is 19.8 Å². The minimum atomic E-state index is -0.371. The summed E-state index contributed by atoms with van der Waals surface area (Å²) in [5, 5.41) is 0.606. The van der Waals surface area contributed by atoms with Gasteiger partial charge in [0.2, 0.25) is 0 Å². The zero-order chi connectivity index (χ0) is 11.7. The summed E-state index contributed by atoms with van der Waals surface area (Å²) in [5.41, 5.74) is 12.9. The molecule has 0 radical (unpaired) electrons. The topological polar surface area (TPSA) is 69.1 Å². The number of carbonyl (C=O) groups is 1. The summed E-state index contributed by atoms with van der Waals surface area (Å²) in [7, 11) is 0. The second kappa shape index (κ2) is 4.45. The van der Waals surface area contributed by atoms with Crippen molar-refractivity contribution in [1.29, 1.82) is 0 Å². The molecule has 1 atom stereocenters. The summed E-state index contributed by atoms with van der Waals surface area (Å²) in [6.45, 7) is 2.22. The molecule has 3 nitrogen and oxygen atoms in total. The van der Waals surface area contributed by atoms with E-state index in [9.17, 15) is 4.79 Å². The van der Waals surface area contributed by atoms with E-state index in [-0.39, 0.29) is 5.91 Å². The Morgan fingerprint density at radius 3 is 2.94 bits per heavy atom. The lowest BCUT2D eigenvalue weighted by atomic mass is 9.84. The van der Waals surface area contributed by atoms with Crippen molar-refractivity contribution in [3.63, 3.8) is 0 Å². The van der Waals surface area contributed by atoms with E-state index >= 15 is 0 Å². The van der Waals surface area contributed by atoms with Crippen LogP contribution in [-0.2, 0) is 12.8 Å². The Hall–Kier alpha value is -1.03. The zero-order valence-corrected chi connectivity index (χ0v) is 10.4. The number of primary amides is 1. The highest BCUT2D eigenvalue weighted by Crippen LogP contribution is 2.38. The fourth-order valence-corrected chi connectivity index (χ4v) is 3.84. The van der Waals surface area contributed by atoms with Crippen molar-refractivity contribution in [2.24, 2.45) is 11.7 Å². The summed E-state index contributed by atoms with van der Waals surface area (Å²) in [6, 6.07) is 0. The molecule has 0 aliphatic heterocycles. The van der Waals surface area contributed by atoms with Gasteiger partial charge in [0.05, 0.1) is 10.6 Å². The van der Waals surface area contributed by atoms with Crippen molar-refractivity contribution in [3.8, 4) is 0 Å². The first kappa shape index (κ1) is 11.5. The van der Waals surface area contributed by atoms with Gasteiger partial charge in [-0.15, -0.1) is 11.3 Å². The Balaban J connectivity index is 2.28.